The van der Waals surface area contributed by atoms with Crippen LogP contribution >= 0.6 is 11.6 Å². The maximum Gasteiger partial charge on any atom is 0.250 e. The Morgan fingerprint density at radius 2 is 1.84 bits per heavy atom. The fourth-order valence-electron chi connectivity index (χ4n) is 2.96. The van der Waals surface area contributed by atoms with E-state index in [2.05, 4.69) is 30.8 Å². The molecule has 3 N–H and O–H groups in total. The third kappa shape index (κ3) is 5.80. The van der Waals surface area contributed by atoms with Crippen LogP contribution in [0.15, 0.2) is 53.6 Å². The van der Waals surface area contributed by atoms with Gasteiger partial charge in [0, 0.05) is 30.2 Å². The van der Waals surface area contributed by atoms with Crippen molar-refractivity contribution in [2.24, 2.45) is 5.10 Å². The smallest absolute Gasteiger partial charge is 0.250 e. The van der Waals surface area contributed by atoms with Crippen LogP contribution in [-0.4, -0.2) is 52.6 Å². The normalized spacial score (nSPS) is 14.0. The molecule has 9 nitrogen and oxygen atoms in total. The standard InChI is InChI=1S/C21H22ClN7O2/c22-17-6-7-18(30)16(12-17)14-24-28-20-25-19(23-13-15-4-2-1-3-5-15)26-21(27-20)29-8-10-31-11-9-29/h1-7,12,14,30H,8-11,13H2,(H2,23,25,26,27,28)/b24-14+. The molecule has 31 heavy (non-hydrogen) atoms. The highest BCUT2D eigenvalue weighted by Crippen LogP contribution is 2.20. The second-order valence-corrected chi connectivity index (χ2v) is 7.23. The summed E-state index contributed by atoms with van der Waals surface area (Å²) in [7, 11) is 0. The van der Waals surface area contributed by atoms with Crippen LogP contribution < -0.4 is 15.6 Å². The first-order valence-corrected chi connectivity index (χ1v) is 10.2. The van der Waals surface area contributed by atoms with Gasteiger partial charge in [-0.2, -0.15) is 20.1 Å². The number of phenolic OH excluding ortho intramolecular Hbond substituents is 1. The van der Waals surface area contributed by atoms with Crippen LogP contribution in [0.5, 0.6) is 5.75 Å². The molecular formula is C21H22ClN7O2. The summed E-state index contributed by atoms with van der Waals surface area (Å²) in [4.78, 5) is 15.5. The van der Waals surface area contributed by atoms with Crippen LogP contribution in [0.2, 0.25) is 5.02 Å². The molecule has 0 bridgehead atoms. The SMILES string of the molecule is Oc1ccc(Cl)cc1/C=N/Nc1nc(NCc2ccccc2)nc(N2CCOCC2)n1. The summed E-state index contributed by atoms with van der Waals surface area (Å²) in [5, 5.41) is 17.8. The first-order chi connectivity index (χ1) is 15.2. The maximum atomic E-state index is 9.92. The van der Waals surface area contributed by atoms with Gasteiger partial charge in [-0.15, -0.1) is 0 Å². The maximum absolute atomic E-state index is 9.92. The summed E-state index contributed by atoms with van der Waals surface area (Å²) < 4.78 is 5.42. The van der Waals surface area contributed by atoms with Gasteiger partial charge in [0.1, 0.15) is 5.75 Å². The summed E-state index contributed by atoms with van der Waals surface area (Å²) in [5.41, 5.74) is 4.40. The molecule has 1 saturated heterocycles. The van der Waals surface area contributed by atoms with E-state index in [0.29, 0.717) is 55.3 Å². The van der Waals surface area contributed by atoms with Gasteiger partial charge in [0.05, 0.1) is 19.4 Å². The number of nitrogens with one attached hydrogen (secondary N) is 2. The number of ether oxygens (including phenoxy) is 1. The number of hydrazone groups is 1. The van der Waals surface area contributed by atoms with Crippen LogP contribution in [0.25, 0.3) is 0 Å². The van der Waals surface area contributed by atoms with E-state index in [1.165, 1.54) is 12.3 Å². The van der Waals surface area contributed by atoms with E-state index in [-0.39, 0.29) is 11.7 Å². The van der Waals surface area contributed by atoms with Crippen molar-refractivity contribution in [1.82, 2.24) is 15.0 Å². The number of hydrogen-bond donors (Lipinski definition) is 3. The second-order valence-electron chi connectivity index (χ2n) is 6.79. The molecule has 0 radical (unpaired) electrons. The number of benzene rings is 2. The van der Waals surface area contributed by atoms with Crippen molar-refractivity contribution in [3.05, 3.63) is 64.7 Å². The van der Waals surface area contributed by atoms with Crippen LogP contribution in [0.1, 0.15) is 11.1 Å². The fraction of sp³-hybridized carbons (Fsp3) is 0.238. The van der Waals surface area contributed by atoms with Crippen LogP contribution in [-0.2, 0) is 11.3 Å². The van der Waals surface area contributed by atoms with Gasteiger partial charge in [0.15, 0.2) is 0 Å². The number of rotatable bonds is 7. The molecule has 1 fully saturated rings. The highest BCUT2D eigenvalue weighted by atomic mass is 35.5. The van der Waals surface area contributed by atoms with Gasteiger partial charge in [-0.3, -0.25) is 0 Å². The number of morpholine rings is 1. The third-order valence-electron chi connectivity index (χ3n) is 4.57. The molecule has 2 heterocycles. The monoisotopic (exact) mass is 439 g/mol. The lowest BCUT2D eigenvalue weighted by Gasteiger charge is -2.27. The van der Waals surface area contributed by atoms with Crippen molar-refractivity contribution in [3.63, 3.8) is 0 Å². The van der Waals surface area contributed by atoms with Crippen molar-refractivity contribution < 1.29 is 9.84 Å². The molecular weight excluding hydrogens is 418 g/mol. The van der Waals surface area contributed by atoms with Gasteiger partial charge in [0.2, 0.25) is 17.8 Å². The van der Waals surface area contributed by atoms with Gasteiger partial charge in [0.25, 0.3) is 0 Å². The van der Waals surface area contributed by atoms with E-state index in [0.717, 1.165) is 5.56 Å². The van der Waals surface area contributed by atoms with Crippen LogP contribution in [0.4, 0.5) is 17.8 Å². The van der Waals surface area contributed by atoms with Crippen LogP contribution in [0, 0.1) is 0 Å². The highest BCUT2D eigenvalue weighted by Gasteiger charge is 2.16. The number of hydrogen-bond acceptors (Lipinski definition) is 9. The molecule has 160 valence electrons. The summed E-state index contributed by atoms with van der Waals surface area (Å²) in [6.45, 7) is 3.20. The van der Waals surface area contributed by atoms with E-state index in [1.54, 1.807) is 12.1 Å². The van der Waals surface area contributed by atoms with Crippen molar-refractivity contribution in [2.75, 3.05) is 41.9 Å². The summed E-state index contributed by atoms with van der Waals surface area (Å²) in [5.74, 6) is 1.33. The predicted octanol–water partition coefficient (Wildman–Crippen LogP) is 3.13. The number of phenols is 1. The minimum Gasteiger partial charge on any atom is -0.507 e. The number of nitrogens with zero attached hydrogens (tertiary/aromatic N) is 5. The average Bonchev–Trinajstić information content (AvgIpc) is 2.81. The van der Waals surface area contributed by atoms with E-state index in [1.807, 2.05) is 35.2 Å². The van der Waals surface area contributed by atoms with Crippen molar-refractivity contribution >= 4 is 35.7 Å². The summed E-state index contributed by atoms with van der Waals surface area (Å²) in [6, 6.07) is 14.7. The number of aromatic hydroxyl groups is 1. The number of halogens is 1. The van der Waals surface area contributed by atoms with Gasteiger partial charge in [-0.1, -0.05) is 41.9 Å². The Hall–Kier alpha value is -3.43. The quantitative estimate of drug-likeness (QED) is 0.380. The Morgan fingerprint density at radius 3 is 2.65 bits per heavy atom. The van der Waals surface area contributed by atoms with Gasteiger partial charge in [-0.25, -0.2) is 5.43 Å². The lowest BCUT2D eigenvalue weighted by atomic mass is 10.2. The molecule has 1 aromatic heterocycles. The fourth-order valence-corrected chi connectivity index (χ4v) is 3.14. The molecule has 3 aromatic rings. The topological polar surface area (TPSA) is 108 Å². The van der Waals surface area contributed by atoms with E-state index in [9.17, 15) is 5.11 Å². The molecule has 0 atom stereocenters. The van der Waals surface area contributed by atoms with E-state index < -0.39 is 0 Å². The third-order valence-corrected chi connectivity index (χ3v) is 4.80. The van der Waals surface area contributed by atoms with E-state index >= 15 is 0 Å². The van der Waals surface area contributed by atoms with Crippen LogP contribution in [0.3, 0.4) is 0 Å². The zero-order chi connectivity index (χ0) is 21.5. The van der Waals surface area contributed by atoms with Crippen molar-refractivity contribution in [1.29, 1.82) is 0 Å². The molecule has 0 saturated carbocycles. The lowest BCUT2D eigenvalue weighted by molar-refractivity contribution is 0.122. The predicted molar refractivity (Wildman–Crippen MR) is 121 cm³/mol. The Kier molecular flexibility index (Phi) is 6.75. The minimum atomic E-state index is 0.0739. The molecule has 0 amide bonds. The number of aromatic nitrogens is 3. The van der Waals surface area contributed by atoms with Gasteiger partial charge >= 0.3 is 0 Å². The first kappa shape index (κ1) is 20.8. The van der Waals surface area contributed by atoms with Gasteiger partial charge < -0.3 is 20.1 Å². The highest BCUT2D eigenvalue weighted by molar-refractivity contribution is 6.30. The number of anilines is 3. The molecule has 10 heteroatoms. The first-order valence-electron chi connectivity index (χ1n) is 9.81. The molecule has 1 aliphatic rings. The average molecular weight is 440 g/mol. The van der Waals surface area contributed by atoms with E-state index in [4.69, 9.17) is 16.3 Å². The Morgan fingerprint density at radius 1 is 1.06 bits per heavy atom. The molecule has 4 rings (SSSR count). The summed E-state index contributed by atoms with van der Waals surface area (Å²) >= 11 is 5.98. The Balaban J connectivity index is 1.53. The molecule has 1 aliphatic heterocycles. The molecule has 2 aromatic carbocycles. The van der Waals surface area contributed by atoms with Crippen molar-refractivity contribution in [2.45, 2.75) is 6.54 Å². The lowest BCUT2D eigenvalue weighted by Crippen LogP contribution is -2.37. The van der Waals surface area contributed by atoms with Gasteiger partial charge in [-0.05, 0) is 23.8 Å². The largest absolute Gasteiger partial charge is 0.507 e. The van der Waals surface area contributed by atoms with Crippen molar-refractivity contribution in [3.8, 4) is 5.75 Å². The summed E-state index contributed by atoms with van der Waals surface area (Å²) in [6.07, 6.45) is 1.45. The second kappa shape index (κ2) is 10.1. The molecule has 0 aliphatic carbocycles. The zero-order valence-electron chi connectivity index (χ0n) is 16.7. The molecule has 0 unspecified atom stereocenters. The Bertz CT molecular complexity index is 1040. The Labute approximate surface area is 184 Å². The molecule has 0 spiro atoms. The zero-order valence-corrected chi connectivity index (χ0v) is 17.5. The minimum absolute atomic E-state index is 0.0739.